The van der Waals surface area contributed by atoms with Crippen LogP contribution >= 0.6 is 0 Å². The van der Waals surface area contributed by atoms with Gasteiger partial charge >= 0.3 is 0 Å². The van der Waals surface area contributed by atoms with Crippen molar-refractivity contribution in [3.8, 4) is 0 Å². The van der Waals surface area contributed by atoms with E-state index in [1.54, 1.807) is 12.3 Å². The van der Waals surface area contributed by atoms with Gasteiger partial charge in [0.15, 0.2) is 0 Å². The van der Waals surface area contributed by atoms with Gasteiger partial charge in [0.2, 0.25) is 5.91 Å². The topological polar surface area (TPSA) is 42.0 Å². The Bertz CT molecular complexity index is 561. The summed E-state index contributed by atoms with van der Waals surface area (Å²) in [6.45, 7) is 2.36. The second-order valence-corrected chi connectivity index (χ2v) is 3.75. The van der Waals surface area contributed by atoms with Crippen LogP contribution in [-0.4, -0.2) is 10.9 Å². The van der Waals surface area contributed by atoms with Gasteiger partial charge in [-0.3, -0.25) is 9.78 Å². The number of nitrogens with one attached hydrogen (secondary N) is 1. The number of amides is 1. The molecule has 3 heteroatoms. The summed E-state index contributed by atoms with van der Waals surface area (Å²) in [5.41, 5.74) is 2.04. The standard InChI is InChI=1S/C14H14N2O/c1-2-4-14(17)16-10-11-6-7-13-12(9-11)5-3-8-15-13/h2-9H,10H2,1H3,(H,16,17)/b4-2+. The number of aromatic nitrogens is 1. The molecule has 1 aromatic carbocycles. The summed E-state index contributed by atoms with van der Waals surface area (Å²) in [5.74, 6) is -0.0706. The van der Waals surface area contributed by atoms with Gasteiger partial charge in [0.1, 0.15) is 0 Å². The summed E-state index contributed by atoms with van der Waals surface area (Å²) in [5, 5.41) is 3.91. The monoisotopic (exact) mass is 226 g/mol. The highest BCUT2D eigenvalue weighted by molar-refractivity contribution is 5.87. The van der Waals surface area contributed by atoms with Crippen molar-refractivity contribution >= 4 is 16.8 Å². The van der Waals surface area contributed by atoms with Crippen molar-refractivity contribution in [2.45, 2.75) is 13.5 Å². The van der Waals surface area contributed by atoms with Gasteiger partial charge in [0.05, 0.1) is 5.52 Å². The van der Waals surface area contributed by atoms with Gasteiger partial charge in [-0.05, 0) is 36.8 Å². The number of hydrogen-bond acceptors (Lipinski definition) is 2. The Morgan fingerprint density at radius 1 is 1.41 bits per heavy atom. The van der Waals surface area contributed by atoms with Crippen molar-refractivity contribution in [1.82, 2.24) is 10.3 Å². The third-order valence-corrected chi connectivity index (χ3v) is 2.45. The smallest absolute Gasteiger partial charge is 0.243 e. The first-order valence-electron chi connectivity index (χ1n) is 5.54. The molecule has 0 radical (unpaired) electrons. The summed E-state index contributed by atoms with van der Waals surface area (Å²) in [6, 6.07) is 9.90. The summed E-state index contributed by atoms with van der Waals surface area (Å²) >= 11 is 0. The molecule has 17 heavy (non-hydrogen) atoms. The number of hydrogen-bond donors (Lipinski definition) is 1. The van der Waals surface area contributed by atoms with Crippen LogP contribution in [0.15, 0.2) is 48.7 Å². The maximum Gasteiger partial charge on any atom is 0.243 e. The number of carbonyl (C=O) groups is 1. The van der Waals surface area contributed by atoms with Crippen molar-refractivity contribution in [3.63, 3.8) is 0 Å². The van der Waals surface area contributed by atoms with E-state index in [-0.39, 0.29) is 5.91 Å². The van der Waals surface area contributed by atoms with Gasteiger partial charge in [0, 0.05) is 18.1 Å². The molecule has 0 aliphatic carbocycles. The van der Waals surface area contributed by atoms with Crippen LogP contribution in [0, 0.1) is 0 Å². The predicted octanol–water partition coefficient (Wildman–Crippen LogP) is 2.43. The minimum absolute atomic E-state index is 0.0706. The number of pyridine rings is 1. The van der Waals surface area contributed by atoms with Crippen molar-refractivity contribution in [1.29, 1.82) is 0 Å². The second-order valence-electron chi connectivity index (χ2n) is 3.75. The lowest BCUT2D eigenvalue weighted by Crippen LogP contribution is -2.20. The van der Waals surface area contributed by atoms with E-state index >= 15 is 0 Å². The predicted molar refractivity (Wildman–Crippen MR) is 68.4 cm³/mol. The molecule has 86 valence electrons. The van der Waals surface area contributed by atoms with Crippen molar-refractivity contribution in [3.05, 3.63) is 54.2 Å². The fraction of sp³-hybridized carbons (Fsp3) is 0.143. The minimum atomic E-state index is -0.0706. The molecule has 2 aromatic rings. The van der Waals surface area contributed by atoms with Crippen LogP contribution in [0.3, 0.4) is 0 Å². The fourth-order valence-electron chi connectivity index (χ4n) is 1.63. The highest BCUT2D eigenvalue weighted by Crippen LogP contribution is 2.12. The fourth-order valence-corrected chi connectivity index (χ4v) is 1.63. The average Bonchev–Trinajstić information content (AvgIpc) is 2.36. The van der Waals surface area contributed by atoms with E-state index in [1.807, 2.05) is 37.3 Å². The lowest BCUT2D eigenvalue weighted by atomic mass is 10.1. The van der Waals surface area contributed by atoms with Gasteiger partial charge in [-0.25, -0.2) is 0 Å². The normalized spacial score (nSPS) is 10.9. The van der Waals surface area contributed by atoms with Crippen LogP contribution in [0.5, 0.6) is 0 Å². The van der Waals surface area contributed by atoms with Gasteiger partial charge in [-0.2, -0.15) is 0 Å². The Kier molecular flexibility index (Phi) is 3.50. The quantitative estimate of drug-likeness (QED) is 0.817. The molecular weight excluding hydrogens is 212 g/mol. The molecule has 2 rings (SSSR count). The third-order valence-electron chi connectivity index (χ3n) is 2.45. The summed E-state index contributed by atoms with van der Waals surface area (Å²) in [6.07, 6.45) is 5.01. The van der Waals surface area contributed by atoms with E-state index in [9.17, 15) is 4.79 Å². The number of fused-ring (bicyclic) bond motifs is 1. The molecule has 0 saturated carbocycles. The first-order valence-corrected chi connectivity index (χ1v) is 5.54. The van der Waals surface area contributed by atoms with Crippen LogP contribution in [0.4, 0.5) is 0 Å². The van der Waals surface area contributed by atoms with E-state index in [0.717, 1.165) is 16.5 Å². The molecule has 0 saturated heterocycles. The van der Waals surface area contributed by atoms with Crippen molar-refractivity contribution < 1.29 is 4.79 Å². The molecule has 0 bridgehead atoms. The molecule has 3 nitrogen and oxygen atoms in total. The lowest BCUT2D eigenvalue weighted by Gasteiger charge is -2.04. The second kappa shape index (κ2) is 5.25. The van der Waals surface area contributed by atoms with Crippen LogP contribution in [0.2, 0.25) is 0 Å². The molecule has 0 spiro atoms. The Morgan fingerprint density at radius 2 is 2.29 bits per heavy atom. The average molecular weight is 226 g/mol. The van der Waals surface area contributed by atoms with Gasteiger partial charge < -0.3 is 5.32 Å². The lowest BCUT2D eigenvalue weighted by molar-refractivity contribution is -0.116. The molecule has 0 aliphatic heterocycles. The molecule has 1 heterocycles. The van der Waals surface area contributed by atoms with E-state index in [2.05, 4.69) is 10.3 Å². The summed E-state index contributed by atoms with van der Waals surface area (Å²) < 4.78 is 0. The van der Waals surface area contributed by atoms with Gasteiger partial charge in [-0.1, -0.05) is 18.2 Å². The minimum Gasteiger partial charge on any atom is -0.348 e. The molecule has 0 unspecified atom stereocenters. The zero-order valence-corrected chi connectivity index (χ0v) is 9.68. The maximum absolute atomic E-state index is 11.3. The Balaban J connectivity index is 2.11. The van der Waals surface area contributed by atoms with Crippen LogP contribution in [0.1, 0.15) is 12.5 Å². The highest BCUT2D eigenvalue weighted by Gasteiger charge is 1.98. The highest BCUT2D eigenvalue weighted by atomic mass is 16.1. The maximum atomic E-state index is 11.3. The van der Waals surface area contributed by atoms with Crippen LogP contribution < -0.4 is 5.32 Å². The van der Waals surface area contributed by atoms with Crippen molar-refractivity contribution in [2.75, 3.05) is 0 Å². The first kappa shape index (κ1) is 11.3. The zero-order valence-electron chi connectivity index (χ0n) is 9.68. The molecule has 1 N–H and O–H groups in total. The molecular formula is C14H14N2O. The van der Waals surface area contributed by atoms with E-state index in [0.29, 0.717) is 6.54 Å². The van der Waals surface area contributed by atoms with E-state index in [1.165, 1.54) is 6.08 Å². The molecule has 0 aliphatic rings. The van der Waals surface area contributed by atoms with Crippen molar-refractivity contribution in [2.24, 2.45) is 0 Å². The molecule has 1 amide bonds. The molecule has 0 fully saturated rings. The van der Waals surface area contributed by atoms with Gasteiger partial charge in [-0.15, -0.1) is 0 Å². The van der Waals surface area contributed by atoms with Crippen LogP contribution in [0.25, 0.3) is 10.9 Å². The largest absolute Gasteiger partial charge is 0.348 e. The number of allylic oxidation sites excluding steroid dienone is 1. The molecule has 1 aromatic heterocycles. The van der Waals surface area contributed by atoms with E-state index < -0.39 is 0 Å². The van der Waals surface area contributed by atoms with Gasteiger partial charge in [0.25, 0.3) is 0 Å². The number of benzene rings is 1. The number of rotatable bonds is 3. The van der Waals surface area contributed by atoms with Crippen LogP contribution in [-0.2, 0) is 11.3 Å². The Labute approximate surface area is 100 Å². The molecule has 0 atom stereocenters. The van der Waals surface area contributed by atoms with E-state index in [4.69, 9.17) is 0 Å². The number of carbonyl (C=O) groups excluding carboxylic acids is 1. The number of nitrogens with zero attached hydrogens (tertiary/aromatic N) is 1. The summed E-state index contributed by atoms with van der Waals surface area (Å²) in [7, 11) is 0. The Morgan fingerprint density at radius 3 is 3.12 bits per heavy atom. The SMILES string of the molecule is C/C=C/C(=O)NCc1ccc2ncccc2c1. The summed E-state index contributed by atoms with van der Waals surface area (Å²) in [4.78, 5) is 15.5. The Hall–Kier alpha value is -2.16. The first-order chi connectivity index (χ1) is 8.29. The zero-order chi connectivity index (χ0) is 12.1. The third kappa shape index (κ3) is 2.91.